The molecule has 34 heavy (non-hydrogen) atoms. The van der Waals surface area contributed by atoms with E-state index >= 15 is 0 Å². The molecule has 0 unspecified atom stereocenters. The van der Waals surface area contributed by atoms with Crippen molar-refractivity contribution in [2.24, 2.45) is 16.8 Å². The molecular formula is C26H33N4O4+. The van der Waals surface area contributed by atoms with Crippen molar-refractivity contribution in [2.45, 2.75) is 58.0 Å². The maximum atomic E-state index is 12.8. The summed E-state index contributed by atoms with van der Waals surface area (Å²) in [5.41, 5.74) is 1.32. The first-order valence-electron chi connectivity index (χ1n) is 11.9. The highest BCUT2D eigenvalue weighted by Gasteiger charge is 2.45. The number of allylic oxidation sites excluding steroid dienone is 3. The van der Waals surface area contributed by atoms with Gasteiger partial charge in [-0.2, -0.15) is 0 Å². The van der Waals surface area contributed by atoms with Crippen LogP contribution >= 0.6 is 0 Å². The third-order valence-electron chi connectivity index (χ3n) is 6.83. The van der Waals surface area contributed by atoms with E-state index in [-0.39, 0.29) is 11.4 Å². The molecule has 4 rings (SSSR count). The monoisotopic (exact) mass is 465 g/mol. The molecular weight excluding hydrogens is 432 g/mol. The number of rotatable bonds is 7. The molecule has 0 bridgehead atoms. The molecule has 3 aliphatic carbocycles. The van der Waals surface area contributed by atoms with Gasteiger partial charge in [-0.25, -0.2) is 0 Å². The van der Waals surface area contributed by atoms with E-state index in [4.69, 9.17) is 10.1 Å². The van der Waals surface area contributed by atoms with Crippen LogP contribution in [-0.4, -0.2) is 40.4 Å². The number of aromatic nitrogens is 1. The zero-order valence-corrected chi connectivity index (χ0v) is 19.8. The Morgan fingerprint density at radius 1 is 1.29 bits per heavy atom. The number of amides is 1. The number of aliphatic hydroxyl groups is 1. The van der Waals surface area contributed by atoms with Crippen molar-refractivity contribution < 1.29 is 24.6 Å². The van der Waals surface area contributed by atoms with Crippen LogP contribution in [0.15, 0.2) is 58.6 Å². The number of nitrogens with one attached hydrogen (secondary N) is 2. The minimum absolute atomic E-state index is 0.0874. The molecule has 1 aromatic rings. The minimum Gasteiger partial charge on any atom is -0.492 e. The molecule has 0 radical (unpaired) electrons. The Balaban J connectivity index is 1.47. The zero-order chi connectivity index (χ0) is 24.3. The van der Waals surface area contributed by atoms with Crippen LogP contribution in [0.3, 0.4) is 0 Å². The fourth-order valence-electron chi connectivity index (χ4n) is 4.61. The van der Waals surface area contributed by atoms with Crippen LogP contribution in [0.5, 0.6) is 0 Å². The maximum Gasteiger partial charge on any atom is 0.325 e. The summed E-state index contributed by atoms with van der Waals surface area (Å²) in [6.07, 6.45) is 12.5. The molecule has 8 heteroatoms. The van der Waals surface area contributed by atoms with Gasteiger partial charge >= 0.3 is 11.6 Å². The Morgan fingerprint density at radius 2 is 2.03 bits per heavy atom. The summed E-state index contributed by atoms with van der Waals surface area (Å²) in [7, 11) is 0. The van der Waals surface area contributed by atoms with Crippen molar-refractivity contribution in [3.05, 3.63) is 65.0 Å². The molecule has 2 fully saturated rings. The number of pyridine rings is 1. The third kappa shape index (κ3) is 5.28. The smallest absolute Gasteiger partial charge is 0.325 e. The second-order valence-corrected chi connectivity index (χ2v) is 9.33. The molecule has 0 aromatic carbocycles. The van der Waals surface area contributed by atoms with Gasteiger partial charge in [-0.05, 0) is 69.4 Å². The molecule has 8 nitrogen and oxygen atoms in total. The van der Waals surface area contributed by atoms with Crippen molar-refractivity contribution >= 4 is 17.8 Å². The summed E-state index contributed by atoms with van der Waals surface area (Å²) in [6, 6.07) is 4.91. The number of ether oxygens (including phenoxy) is 1. The van der Waals surface area contributed by atoms with Gasteiger partial charge in [0.25, 0.3) is 0 Å². The van der Waals surface area contributed by atoms with E-state index < -0.39 is 11.5 Å². The average molecular weight is 466 g/mol. The first kappa shape index (κ1) is 23.9. The average Bonchev–Trinajstić information content (AvgIpc) is 3.66. The molecule has 2 saturated carbocycles. The number of hydrogen-bond donors (Lipinski definition) is 4. The van der Waals surface area contributed by atoms with Crippen molar-refractivity contribution in [3.63, 3.8) is 0 Å². The molecule has 1 heterocycles. The fourth-order valence-corrected chi connectivity index (χ4v) is 4.61. The standard InChI is InChI=1S/C26H32N4O4/c1-3-34-24-14-21(27)19(13-22(24)29-25(31)23-6-4-5-17(2)30(23)33)16-28-15-18-9-11-26(32,12-10-18)20-7-8-20/h4-6,13-16,18,20,27,32H,3,7-12H2,1-2H3,(H-,29,31,33)/p+1. The topological polar surface area (TPSA) is 119 Å². The highest BCUT2D eigenvalue weighted by Crippen LogP contribution is 2.47. The molecule has 0 atom stereocenters. The fraction of sp³-hybridized carbons (Fsp3) is 0.462. The van der Waals surface area contributed by atoms with Gasteiger partial charge in [0, 0.05) is 47.9 Å². The lowest BCUT2D eigenvalue weighted by atomic mass is 9.76. The first-order chi connectivity index (χ1) is 16.3. The number of aryl methyl sites for hydroxylation is 1. The van der Waals surface area contributed by atoms with Gasteiger partial charge in [0.2, 0.25) is 5.69 Å². The molecule has 1 aromatic heterocycles. The van der Waals surface area contributed by atoms with Gasteiger partial charge < -0.3 is 20.6 Å². The van der Waals surface area contributed by atoms with Crippen LogP contribution in [0, 0.1) is 24.2 Å². The summed E-state index contributed by atoms with van der Waals surface area (Å²) < 4.78 is 6.46. The predicted octanol–water partition coefficient (Wildman–Crippen LogP) is 3.37. The van der Waals surface area contributed by atoms with Gasteiger partial charge in [0.1, 0.15) is 5.76 Å². The number of nitrogens with zero attached hydrogens (tertiary/aromatic N) is 2. The molecule has 0 spiro atoms. The predicted molar refractivity (Wildman–Crippen MR) is 128 cm³/mol. The molecule has 0 aliphatic heterocycles. The molecule has 4 N–H and O–H groups in total. The van der Waals surface area contributed by atoms with E-state index in [1.165, 1.54) is 6.07 Å². The highest BCUT2D eigenvalue weighted by atomic mass is 16.5. The Hall–Kier alpha value is -3.26. The van der Waals surface area contributed by atoms with Gasteiger partial charge in [-0.1, -0.05) is 0 Å². The number of hydrogen-bond acceptors (Lipinski definition) is 6. The Morgan fingerprint density at radius 3 is 2.71 bits per heavy atom. The number of carbonyl (C=O) groups is 1. The lowest BCUT2D eigenvalue weighted by Crippen LogP contribution is -2.44. The van der Waals surface area contributed by atoms with Crippen LogP contribution in [0.1, 0.15) is 61.6 Å². The van der Waals surface area contributed by atoms with E-state index in [1.807, 2.05) is 13.1 Å². The van der Waals surface area contributed by atoms with Gasteiger partial charge in [0.15, 0.2) is 0 Å². The van der Waals surface area contributed by atoms with Crippen molar-refractivity contribution in [2.75, 3.05) is 6.61 Å². The first-order valence-corrected chi connectivity index (χ1v) is 11.9. The Bertz CT molecular complexity index is 1090. The number of carbonyl (C=O) groups excluding carboxylic acids is 1. The van der Waals surface area contributed by atoms with E-state index in [0.717, 1.165) is 43.3 Å². The zero-order valence-electron chi connectivity index (χ0n) is 19.8. The second-order valence-electron chi connectivity index (χ2n) is 9.33. The van der Waals surface area contributed by atoms with E-state index in [1.54, 1.807) is 37.4 Å². The molecule has 0 saturated heterocycles. The van der Waals surface area contributed by atoms with Crippen molar-refractivity contribution in [1.29, 1.82) is 5.41 Å². The van der Waals surface area contributed by atoms with Crippen molar-refractivity contribution in [3.8, 4) is 0 Å². The third-order valence-corrected chi connectivity index (χ3v) is 6.83. The van der Waals surface area contributed by atoms with Crippen LogP contribution in [0.2, 0.25) is 0 Å². The van der Waals surface area contributed by atoms with Crippen LogP contribution in [-0.2, 0) is 4.74 Å². The lowest BCUT2D eigenvalue weighted by Gasteiger charge is -2.35. The minimum atomic E-state index is -0.496. The summed E-state index contributed by atoms with van der Waals surface area (Å²) in [4.78, 5) is 17.3. The van der Waals surface area contributed by atoms with Gasteiger partial charge in [0.05, 0.1) is 23.6 Å². The van der Waals surface area contributed by atoms with E-state index in [2.05, 4.69) is 10.3 Å². The van der Waals surface area contributed by atoms with E-state index in [9.17, 15) is 15.1 Å². The summed E-state index contributed by atoms with van der Waals surface area (Å²) in [5, 5.41) is 32.0. The lowest BCUT2D eigenvalue weighted by molar-refractivity contribution is -0.909. The maximum absolute atomic E-state index is 12.8. The van der Waals surface area contributed by atoms with Crippen LogP contribution < -0.4 is 10.0 Å². The summed E-state index contributed by atoms with van der Waals surface area (Å²) >= 11 is 0. The Kier molecular flexibility index (Phi) is 6.97. The van der Waals surface area contributed by atoms with Crippen LogP contribution in [0.25, 0.3) is 0 Å². The molecule has 1 amide bonds. The normalized spacial score (nSPS) is 26.4. The van der Waals surface area contributed by atoms with Crippen LogP contribution in [0.4, 0.5) is 0 Å². The highest BCUT2D eigenvalue weighted by molar-refractivity contribution is 6.10. The quantitative estimate of drug-likeness (QED) is 0.280. The number of aliphatic imine (C=N–C) groups is 1. The van der Waals surface area contributed by atoms with Crippen molar-refractivity contribution in [1.82, 2.24) is 5.32 Å². The second kappa shape index (κ2) is 9.93. The summed E-state index contributed by atoms with van der Waals surface area (Å²) in [6.45, 7) is 3.90. The van der Waals surface area contributed by atoms with Gasteiger partial charge in [-0.3, -0.25) is 15.0 Å². The SMILES string of the molecule is CCOC1=CC(=N)/C(=C\N=C/C2CCC(O)(C3CC3)CC2)C=C1NC(=O)c1cccc(C)[n+]1O. The molecule has 3 aliphatic rings. The summed E-state index contributed by atoms with van der Waals surface area (Å²) in [5.74, 6) is 0.684. The van der Waals surface area contributed by atoms with E-state index in [0.29, 0.717) is 41.2 Å². The van der Waals surface area contributed by atoms with Gasteiger partial charge in [-0.15, -0.1) is 0 Å². The molecule has 180 valence electrons. The Labute approximate surface area is 199 Å². The largest absolute Gasteiger partial charge is 0.492 e.